The topological polar surface area (TPSA) is 93.0 Å². The van der Waals surface area contributed by atoms with E-state index in [4.69, 9.17) is 32.3 Å². The molecule has 0 saturated carbocycles. The molecule has 122 valence electrons. The molecule has 1 aromatic heterocycles. The molecule has 0 aliphatic heterocycles. The Hall–Kier alpha value is -2.90. The highest BCUT2D eigenvalue weighted by Gasteiger charge is 2.07. The first-order valence-corrected chi connectivity index (χ1v) is 7.48. The minimum atomic E-state index is 0.176. The molecule has 0 saturated heterocycles. The SMILES string of the molecule is COc1ccc(N=c2oc3ccc(NO)cc3cc2C(N)=S)cc1. The Morgan fingerprint density at radius 2 is 1.96 bits per heavy atom. The molecule has 4 N–H and O–H groups in total. The first-order chi connectivity index (χ1) is 11.6. The van der Waals surface area contributed by atoms with E-state index in [0.717, 1.165) is 11.1 Å². The monoisotopic (exact) mass is 341 g/mol. The molecule has 7 heteroatoms. The highest BCUT2D eigenvalue weighted by molar-refractivity contribution is 7.80. The number of hydrogen-bond donors (Lipinski definition) is 3. The predicted octanol–water partition coefficient (Wildman–Crippen LogP) is 3.11. The van der Waals surface area contributed by atoms with Gasteiger partial charge >= 0.3 is 0 Å². The fraction of sp³-hybridized carbons (Fsp3) is 0.0588. The van der Waals surface area contributed by atoms with E-state index in [1.165, 1.54) is 0 Å². The maximum atomic E-state index is 9.01. The Morgan fingerprint density at radius 3 is 2.58 bits per heavy atom. The molecule has 0 aliphatic rings. The lowest BCUT2D eigenvalue weighted by molar-refractivity contribution is 0.389. The molecule has 24 heavy (non-hydrogen) atoms. The minimum absolute atomic E-state index is 0.176. The number of methoxy groups -OCH3 is 1. The number of ether oxygens (including phenoxy) is 1. The molecule has 0 bridgehead atoms. The van der Waals surface area contributed by atoms with Crippen LogP contribution >= 0.6 is 12.2 Å². The molecular weight excluding hydrogens is 326 g/mol. The van der Waals surface area contributed by atoms with Crippen LogP contribution in [0, 0.1) is 0 Å². The van der Waals surface area contributed by atoms with Gasteiger partial charge in [0.15, 0.2) is 0 Å². The maximum Gasteiger partial charge on any atom is 0.230 e. The summed E-state index contributed by atoms with van der Waals surface area (Å²) < 4.78 is 11.0. The second-order valence-corrected chi connectivity index (χ2v) is 5.44. The van der Waals surface area contributed by atoms with Crippen LogP contribution in [-0.4, -0.2) is 17.3 Å². The first-order valence-electron chi connectivity index (χ1n) is 7.07. The van der Waals surface area contributed by atoms with Gasteiger partial charge < -0.3 is 14.9 Å². The Kier molecular flexibility index (Phi) is 4.45. The molecule has 3 rings (SSSR count). The lowest BCUT2D eigenvalue weighted by Crippen LogP contribution is -2.20. The second-order valence-electron chi connectivity index (χ2n) is 5.00. The van der Waals surface area contributed by atoms with Gasteiger partial charge in [-0.1, -0.05) is 12.2 Å². The van der Waals surface area contributed by atoms with E-state index in [1.807, 2.05) is 0 Å². The Balaban J connectivity index is 2.19. The summed E-state index contributed by atoms with van der Waals surface area (Å²) in [7, 11) is 1.60. The smallest absolute Gasteiger partial charge is 0.230 e. The molecule has 3 aromatic rings. The van der Waals surface area contributed by atoms with Crippen molar-refractivity contribution in [2.24, 2.45) is 10.7 Å². The predicted molar refractivity (Wildman–Crippen MR) is 95.7 cm³/mol. The molecule has 0 unspecified atom stereocenters. The fourth-order valence-electron chi connectivity index (χ4n) is 2.23. The van der Waals surface area contributed by atoms with Crippen molar-refractivity contribution in [1.82, 2.24) is 0 Å². The van der Waals surface area contributed by atoms with E-state index in [0.29, 0.717) is 28.1 Å². The lowest BCUT2D eigenvalue weighted by atomic mass is 10.1. The van der Waals surface area contributed by atoms with E-state index >= 15 is 0 Å². The van der Waals surface area contributed by atoms with E-state index in [1.54, 1.807) is 55.6 Å². The van der Waals surface area contributed by atoms with Gasteiger partial charge in [0.05, 0.1) is 24.0 Å². The van der Waals surface area contributed by atoms with E-state index in [-0.39, 0.29) is 4.99 Å². The summed E-state index contributed by atoms with van der Waals surface area (Å²) in [5, 5.41) is 9.75. The second kappa shape index (κ2) is 6.69. The van der Waals surface area contributed by atoms with Crippen LogP contribution in [0.3, 0.4) is 0 Å². The quantitative estimate of drug-likeness (QED) is 0.499. The summed E-state index contributed by atoms with van der Waals surface area (Å²) in [6.45, 7) is 0. The van der Waals surface area contributed by atoms with Crippen molar-refractivity contribution >= 4 is 39.6 Å². The first kappa shape index (κ1) is 16.0. The van der Waals surface area contributed by atoms with Crippen molar-refractivity contribution in [1.29, 1.82) is 0 Å². The van der Waals surface area contributed by atoms with Gasteiger partial charge in [0.1, 0.15) is 16.3 Å². The Labute approximate surface area is 143 Å². The average molecular weight is 341 g/mol. The van der Waals surface area contributed by atoms with Gasteiger partial charge in [-0.15, -0.1) is 0 Å². The highest BCUT2D eigenvalue weighted by Crippen LogP contribution is 2.20. The number of hydrogen-bond acceptors (Lipinski definition) is 6. The molecule has 2 aromatic carbocycles. The number of nitrogens with one attached hydrogen (secondary N) is 1. The lowest BCUT2D eigenvalue weighted by Gasteiger charge is -2.05. The molecule has 0 aliphatic carbocycles. The van der Waals surface area contributed by atoms with Crippen molar-refractivity contribution in [2.75, 3.05) is 12.6 Å². The highest BCUT2D eigenvalue weighted by atomic mass is 32.1. The largest absolute Gasteiger partial charge is 0.497 e. The zero-order chi connectivity index (χ0) is 17.1. The average Bonchev–Trinajstić information content (AvgIpc) is 2.61. The molecule has 0 radical (unpaired) electrons. The normalized spacial score (nSPS) is 11.5. The van der Waals surface area contributed by atoms with Gasteiger partial charge in [0, 0.05) is 5.39 Å². The van der Waals surface area contributed by atoms with Gasteiger partial charge in [0.2, 0.25) is 5.55 Å². The van der Waals surface area contributed by atoms with Gasteiger partial charge in [-0.25, -0.2) is 4.99 Å². The minimum Gasteiger partial charge on any atom is -0.497 e. The van der Waals surface area contributed by atoms with Crippen LogP contribution in [0.4, 0.5) is 11.4 Å². The third kappa shape index (κ3) is 3.22. The molecule has 0 fully saturated rings. The number of nitrogens with two attached hydrogens (primary N) is 1. The summed E-state index contributed by atoms with van der Waals surface area (Å²) in [6.07, 6.45) is 0. The molecule has 0 spiro atoms. The maximum absolute atomic E-state index is 9.01. The van der Waals surface area contributed by atoms with Crippen LogP contribution in [0.15, 0.2) is 57.9 Å². The standard InChI is InChI=1S/C17H15N3O3S/c1-22-13-5-2-11(3-6-13)19-17-14(16(18)24)9-10-8-12(20-21)4-7-15(10)23-17/h2-9,20-21H,1H3,(H2,18,24). The molecule has 6 nitrogen and oxygen atoms in total. The number of rotatable bonds is 4. The Bertz CT molecular complexity index is 965. The van der Waals surface area contributed by atoms with Crippen LogP contribution < -0.4 is 21.5 Å². The van der Waals surface area contributed by atoms with Gasteiger partial charge in [-0.3, -0.25) is 10.7 Å². The molecule has 0 atom stereocenters. The summed E-state index contributed by atoms with van der Waals surface area (Å²) in [5.41, 5.74) is 10.6. The molecule has 0 amide bonds. The van der Waals surface area contributed by atoms with Crippen LogP contribution in [0.25, 0.3) is 11.0 Å². The summed E-state index contributed by atoms with van der Waals surface area (Å²) in [5.74, 6) is 0.739. The number of thiocarbonyl (C=S) groups is 1. The zero-order valence-electron chi connectivity index (χ0n) is 12.8. The van der Waals surface area contributed by atoms with Crippen molar-refractivity contribution < 1.29 is 14.4 Å². The van der Waals surface area contributed by atoms with Crippen LogP contribution in [-0.2, 0) is 0 Å². The van der Waals surface area contributed by atoms with Crippen LogP contribution in [0.2, 0.25) is 0 Å². The fourth-order valence-corrected chi connectivity index (χ4v) is 2.38. The van der Waals surface area contributed by atoms with Crippen LogP contribution in [0.5, 0.6) is 5.75 Å². The van der Waals surface area contributed by atoms with Crippen molar-refractivity contribution in [3.63, 3.8) is 0 Å². The Morgan fingerprint density at radius 1 is 1.21 bits per heavy atom. The third-order valence-electron chi connectivity index (χ3n) is 3.44. The number of nitrogens with zero attached hydrogens (tertiary/aromatic N) is 1. The van der Waals surface area contributed by atoms with Gasteiger partial charge in [0.25, 0.3) is 0 Å². The van der Waals surface area contributed by atoms with Crippen LogP contribution in [0.1, 0.15) is 5.56 Å². The number of anilines is 1. The summed E-state index contributed by atoms with van der Waals surface area (Å²) >= 11 is 5.10. The third-order valence-corrected chi connectivity index (χ3v) is 3.66. The zero-order valence-corrected chi connectivity index (χ0v) is 13.6. The molecule has 1 heterocycles. The van der Waals surface area contributed by atoms with E-state index < -0.39 is 0 Å². The van der Waals surface area contributed by atoms with Crippen molar-refractivity contribution in [3.05, 3.63) is 59.6 Å². The van der Waals surface area contributed by atoms with E-state index in [9.17, 15) is 0 Å². The van der Waals surface area contributed by atoms with Crippen molar-refractivity contribution in [3.8, 4) is 5.75 Å². The van der Waals surface area contributed by atoms with Crippen molar-refractivity contribution in [2.45, 2.75) is 0 Å². The van der Waals surface area contributed by atoms with Gasteiger partial charge in [-0.2, -0.15) is 0 Å². The van der Waals surface area contributed by atoms with E-state index in [2.05, 4.69) is 10.5 Å². The number of fused-ring (bicyclic) bond motifs is 1. The number of benzene rings is 2. The summed E-state index contributed by atoms with van der Waals surface area (Å²) in [6, 6.07) is 14.1. The summed E-state index contributed by atoms with van der Waals surface area (Å²) in [4.78, 5) is 4.65. The van der Waals surface area contributed by atoms with Gasteiger partial charge in [-0.05, 0) is 48.5 Å². The molecular formula is C17H15N3O3S.